The molecule has 5 nitrogen and oxygen atoms in total. The monoisotopic (exact) mass is 267 g/mol. The molecule has 1 aliphatic rings. The molecule has 0 aromatic carbocycles. The molecular weight excluding hydrogens is 246 g/mol. The highest BCUT2D eigenvalue weighted by atomic mass is 32.2. The Balaban J connectivity index is 2.48. The quantitative estimate of drug-likeness (QED) is 0.781. The highest BCUT2D eigenvalue weighted by Crippen LogP contribution is 2.36. The predicted molar refractivity (Wildman–Crippen MR) is 64.9 cm³/mol. The van der Waals surface area contributed by atoms with Crippen molar-refractivity contribution in [2.24, 2.45) is 0 Å². The lowest BCUT2D eigenvalue weighted by molar-refractivity contribution is 0.232. The number of hydrogen-bond acceptors (Lipinski definition) is 4. The van der Waals surface area contributed by atoms with Gasteiger partial charge in [-0.15, -0.1) is 0 Å². The van der Waals surface area contributed by atoms with Gasteiger partial charge in [-0.25, -0.2) is 0 Å². The van der Waals surface area contributed by atoms with Crippen molar-refractivity contribution in [2.45, 2.75) is 44.9 Å². The summed E-state index contributed by atoms with van der Waals surface area (Å²) in [5.41, 5.74) is 0. The Kier molecular flexibility index (Phi) is 3.86. The molecule has 7 heteroatoms. The molecule has 0 saturated carbocycles. The Bertz CT molecular complexity index is 347. The molecule has 1 heterocycles. The minimum atomic E-state index is -3.51. The van der Waals surface area contributed by atoms with Gasteiger partial charge in [-0.3, -0.25) is 4.18 Å². The van der Waals surface area contributed by atoms with Crippen LogP contribution in [0.5, 0.6) is 0 Å². The van der Waals surface area contributed by atoms with E-state index < -0.39 is 18.6 Å². The summed E-state index contributed by atoms with van der Waals surface area (Å²) in [7, 11) is -5.32. The predicted octanol–water partition coefficient (Wildman–Crippen LogP) is 1.24. The van der Waals surface area contributed by atoms with Gasteiger partial charge in [0, 0.05) is 0 Å². The molecular formula is C9H21NO4SSi. The van der Waals surface area contributed by atoms with Crippen LogP contribution in [-0.2, 0) is 18.9 Å². The minimum Gasteiger partial charge on any atom is -0.415 e. The van der Waals surface area contributed by atoms with Crippen molar-refractivity contribution in [3.8, 4) is 0 Å². The van der Waals surface area contributed by atoms with Crippen LogP contribution in [0.2, 0.25) is 18.1 Å². The van der Waals surface area contributed by atoms with Crippen LogP contribution in [-0.4, -0.2) is 36.0 Å². The van der Waals surface area contributed by atoms with Gasteiger partial charge in [0.2, 0.25) is 0 Å². The van der Waals surface area contributed by atoms with Crippen molar-refractivity contribution < 1.29 is 17.0 Å². The normalized spacial score (nSPS) is 25.9. The molecule has 1 unspecified atom stereocenters. The zero-order valence-electron chi connectivity index (χ0n) is 10.5. The zero-order valence-corrected chi connectivity index (χ0v) is 12.3. The van der Waals surface area contributed by atoms with Crippen molar-refractivity contribution >= 4 is 18.6 Å². The second kappa shape index (κ2) is 4.38. The largest absolute Gasteiger partial charge is 0.415 e. The molecule has 0 aliphatic carbocycles. The lowest BCUT2D eigenvalue weighted by Gasteiger charge is -2.36. The Morgan fingerprint density at radius 2 is 2.00 bits per heavy atom. The summed E-state index contributed by atoms with van der Waals surface area (Å²) in [6.07, 6.45) is 0. The summed E-state index contributed by atoms with van der Waals surface area (Å²) >= 11 is 0. The van der Waals surface area contributed by atoms with Gasteiger partial charge >= 0.3 is 10.3 Å². The lowest BCUT2D eigenvalue weighted by atomic mass is 10.2. The van der Waals surface area contributed by atoms with Crippen LogP contribution in [0.3, 0.4) is 0 Å². The van der Waals surface area contributed by atoms with Crippen LogP contribution in [0.1, 0.15) is 20.8 Å². The van der Waals surface area contributed by atoms with Crippen LogP contribution in [0.25, 0.3) is 0 Å². The molecule has 16 heavy (non-hydrogen) atoms. The van der Waals surface area contributed by atoms with Gasteiger partial charge in [-0.2, -0.15) is 13.1 Å². The minimum absolute atomic E-state index is 0.130. The van der Waals surface area contributed by atoms with E-state index in [1.807, 2.05) is 0 Å². The Morgan fingerprint density at radius 3 is 2.38 bits per heavy atom. The van der Waals surface area contributed by atoms with E-state index in [1.54, 1.807) is 0 Å². The van der Waals surface area contributed by atoms with Crippen LogP contribution in [0.15, 0.2) is 0 Å². The van der Waals surface area contributed by atoms with E-state index in [0.717, 1.165) is 0 Å². The van der Waals surface area contributed by atoms with Crippen molar-refractivity contribution in [1.82, 2.24) is 4.72 Å². The third-order valence-electron chi connectivity index (χ3n) is 3.19. The average molecular weight is 267 g/mol. The van der Waals surface area contributed by atoms with E-state index in [2.05, 4.69) is 42.8 Å². The van der Waals surface area contributed by atoms with Gasteiger partial charge in [0.1, 0.15) is 0 Å². The first-order valence-electron chi connectivity index (χ1n) is 5.34. The van der Waals surface area contributed by atoms with Crippen LogP contribution in [0.4, 0.5) is 0 Å². The third-order valence-corrected chi connectivity index (χ3v) is 8.76. The number of hydrogen-bond donors (Lipinski definition) is 1. The molecule has 0 aromatic heterocycles. The van der Waals surface area contributed by atoms with E-state index in [0.29, 0.717) is 6.61 Å². The average Bonchev–Trinajstić information content (AvgIpc) is 2.40. The SMILES string of the molecule is CC(C)(C)[Si](C)(C)OCC1COS(=O)(=O)N1. The zero-order chi connectivity index (χ0) is 12.6. The van der Waals surface area contributed by atoms with E-state index in [4.69, 9.17) is 4.43 Å². The van der Waals surface area contributed by atoms with Crippen molar-refractivity contribution in [3.05, 3.63) is 0 Å². The van der Waals surface area contributed by atoms with Crippen LogP contribution in [0, 0.1) is 0 Å². The number of nitrogens with one attached hydrogen (secondary N) is 1. The third kappa shape index (κ3) is 3.52. The summed E-state index contributed by atoms with van der Waals surface area (Å²) in [4.78, 5) is 0. The Labute approximate surface area is 98.9 Å². The van der Waals surface area contributed by atoms with E-state index in [-0.39, 0.29) is 17.7 Å². The molecule has 1 rings (SSSR count). The maximum absolute atomic E-state index is 11.0. The summed E-state index contributed by atoms with van der Waals surface area (Å²) in [5, 5.41) is 0.130. The van der Waals surface area contributed by atoms with Crippen molar-refractivity contribution in [2.75, 3.05) is 13.2 Å². The van der Waals surface area contributed by atoms with Gasteiger partial charge in [0.15, 0.2) is 8.32 Å². The second-order valence-electron chi connectivity index (χ2n) is 5.62. The van der Waals surface area contributed by atoms with Gasteiger partial charge in [0.25, 0.3) is 0 Å². The standard InChI is InChI=1S/C9H21NO4SSi/c1-9(2,3)16(4,5)14-7-8-6-13-15(11,12)10-8/h8,10H,6-7H2,1-5H3. The Morgan fingerprint density at radius 1 is 1.44 bits per heavy atom. The van der Waals surface area contributed by atoms with Gasteiger partial charge in [0.05, 0.1) is 19.3 Å². The van der Waals surface area contributed by atoms with Gasteiger partial charge in [-0.1, -0.05) is 20.8 Å². The fraction of sp³-hybridized carbons (Fsp3) is 1.00. The highest BCUT2D eigenvalue weighted by molar-refractivity contribution is 7.85. The van der Waals surface area contributed by atoms with Crippen molar-refractivity contribution in [3.63, 3.8) is 0 Å². The molecule has 96 valence electrons. The fourth-order valence-electron chi connectivity index (χ4n) is 1.05. The van der Waals surface area contributed by atoms with E-state index >= 15 is 0 Å². The summed E-state index contributed by atoms with van der Waals surface area (Å²) in [5.74, 6) is 0. The maximum atomic E-state index is 11.0. The van der Waals surface area contributed by atoms with Crippen LogP contribution < -0.4 is 4.72 Å². The molecule has 1 atom stereocenters. The summed E-state index contributed by atoms with van der Waals surface area (Å²) in [6, 6.07) is -0.251. The molecule has 1 saturated heterocycles. The summed E-state index contributed by atoms with van der Waals surface area (Å²) in [6.45, 7) is 11.3. The van der Waals surface area contributed by atoms with Crippen molar-refractivity contribution in [1.29, 1.82) is 0 Å². The second-order valence-corrected chi connectivity index (χ2v) is 11.8. The molecule has 1 N–H and O–H groups in total. The smallest absolute Gasteiger partial charge is 0.336 e. The highest BCUT2D eigenvalue weighted by Gasteiger charge is 2.38. The first-order chi connectivity index (χ1) is 7.04. The topological polar surface area (TPSA) is 64.6 Å². The van der Waals surface area contributed by atoms with E-state index in [1.165, 1.54) is 0 Å². The molecule has 0 aromatic rings. The van der Waals surface area contributed by atoms with Gasteiger partial charge in [-0.05, 0) is 18.1 Å². The molecule has 0 amide bonds. The molecule has 0 radical (unpaired) electrons. The number of rotatable bonds is 3. The fourth-order valence-corrected chi connectivity index (χ4v) is 3.06. The first-order valence-corrected chi connectivity index (χ1v) is 9.66. The lowest BCUT2D eigenvalue weighted by Crippen LogP contribution is -2.44. The maximum Gasteiger partial charge on any atom is 0.336 e. The van der Waals surface area contributed by atoms with Crippen LogP contribution >= 0.6 is 0 Å². The first kappa shape index (κ1) is 14.1. The molecule has 1 aliphatic heterocycles. The molecule has 1 fully saturated rings. The summed E-state index contributed by atoms with van der Waals surface area (Å²) < 4.78 is 34.9. The molecule has 0 bridgehead atoms. The molecule has 0 spiro atoms. The Hall–Kier alpha value is 0.0469. The van der Waals surface area contributed by atoms with Gasteiger partial charge < -0.3 is 4.43 Å². The van der Waals surface area contributed by atoms with E-state index in [9.17, 15) is 8.42 Å².